The van der Waals surface area contributed by atoms with Gasteiger partial charge >= 0.3 is 0 Å². The summed E-state index contributed by atoms with van der Waals surface area (Å²) in [6.07, 6.45) is 2.77. The van der Waals surface area contributed by atoms with Crippen LogP contribution in [0.15, 0.2) is 65.7 Å². The highest BCUT2D eigenvalue weighted by atomic mass is 32.1. The number of hydrogen-bond donors (Lipinski definition) is 2. The van der Waals surface area contributed by atoms with Gasteiger partial charge < -0.3 is 14.9 Å². The number of allylic oxidation sites excluding steroid dienone is 2. The van der Waals surface area contributed by atoms with E-state index in [0.717, 1.165) is 44.6 Å². The fourth-order valence-corrected chi connectivity index (χ4v) is 7.89. The molecule has 2 N–H and O–H groups in total. The maximum Gasteiger partial charge on any atom is 0.274 e. The molecule has 1 aliphatic heterocycles. The summed E-state index contributed by atoms with van der Waals surface area (Å²) >= 11 is 1.50. The van der Waals surface area contributed by atoms with Crippen molar-refractivity contribution in [3.8, 4) is 0 Å². The van der Waals surface area contributed by atoms with E-state index in [1.807, 2.05) is 30.5 Å². The first-order valence-corrected chi connectivity index (χ1v) is 14.2. The predicted octanol–water partition coefficient (Wildman–Crippen LogP) is 5.85. The number of H-pyrrole nitrogens is 2. The van der Waals surface area contributed by atoms with Gasteiger partial charge in [0.2, 0.25) is 0 Å². The van der Waals surface area contributed by atoms with Gasteiger partial charge in [0, 0.05) is 64.1 Å². The van der Waals surface area contributed by atoms with E-state index in [1.165, 1.54) is 23.5 Å². The van der Waals surface area contributed by atoms with Crippen molar-refractivity contribution < 1.29 is 19.3 Å². The number of rotatable bonds is 5. The molecule has 0 radical (unpaired) electrons. The molecular weight excluding hydrogens is 540 g/mol. The number of nitrogens with zero attached hydrogens (tertiary/aromatic N) is 2. The highest BCUT2D eigenvalue weighted by Crippen LogP contribution is 2.68. The molecule has 1 saturated heterocycles. The number of ketones is 2. The largest absolute Gasteiger partial charge is 0.352 e. The summed E-state index contributed by atoms with van der Waals surface area (Å²) in [5.41, 5.74) is 5.87. The number of hydrogen-bond acceptors (Lipinski definition) is 6. The molecule has 2 fully saturated rings. The first-order chi connectivity index (χ1) is 19.7. The van der Waals surface area contributed by atoms with Gasteiger partial charge in [0.25, 0.3) is 11.6 Å². The summed E-state index contributed by atoms with van der Waals surface area (Å²) < 4.78 is 0. The van der Waals surface area contributed by atoms with Gasteiger partial charge in [-0.2, -0.15) is 0 Å². The Morgan fingerprint density at radius 2 is 1.80 bits per heavy atom. The van der Waals surface area contributed by atoms with Gasteiger partial charge in [0.1, 0.15) is 5.69 Å². The molecule has 10 heteroatoms. The second kappa shape index (κ2) is 8.11. The van der Waals surface area contributed by atoms with E-state index in [0.29, 0.717) is 34.8 Å². The third-order valence-electron chi connectivity index (χ3n) is 8.81. The smallest absolute Gasteiger partial charge is 0.274 e. The zero-order chi connectivity index (χ0) is 28.2. The molecular formula is C31H22N4O5S. The number of amides is 1. The van der Waals surface area contributed by atoms with E-state index in [2.05, 4.69) is 9.97 Å². The number of non-ortho nitro benzene ring substituents is 1. The molecule has 3 aromatic heterocycles. The SMILES string of the molecule is Cc1csc2c1[C@@]13C[C@@H]1CN(C(=O)c1cc4cc(CC(=O)c5cc6cc([N+](=O)[O-])ccc6[nH]5)ccc4[nH]1)C3=CC2=O. The molecule has 4 heterocycles. The monoisotopic (exact) mass is 562 g/mol. The second-order valence-corrected chi connectivity index (χ2v) is 12.1. The molecule has 8 rings (SSSR count). The molecule has 202 valence electrons. The Morgan fingerprint density at radius 1 is 1.07 bits per heavy atom. The number of carbonyl (C=O) groups excluding carboxylic acids is 3. The van der Waals surface area contributed by atoms with Gasteiger partial charge in [-0.1, -0.05) is 6.07 Å². The third-order valence-corrected chi connectivity index (χ3v) is 9.92. The summed E-state index contributed by atoms with van der Waals surface area (Å²) in [6.45, 7) is 2.64. The van der Waals surface area contributed by atoms with Gasteiger partial charge in [-0.15, -0.1) is 11.3 Å². The van der Waals surface area contributed by atoms with Crippen molar-refractivity contribution in [2.45, 2.75) is 25.2 Å². The van der Waals surface area contributed by atoms with Crippen LogP contribution in [0.2, 0.25) is 0 Å². The van der Waals surface area contributed by atoms with Crippen molar-refractivity contribution in [3.05, 3.63) is 109 Å². The molecule has 2 atom stereocenters. The minimum Gasteiger partial charge on any atom is -0.352 e. The Labute approximate surface area is 236 Å². The van der Waals surface area contributed by atoms with Crippen LogP contribution in [0, 0.1) is 23.0 Å². The Kier molecular flexibility index (Phi) is 4.75. The van der Waals surface area contributed by atoms with Crippen molar-refractivity contribution in [2.75, 3.05) is 6.54 Å². The number of nitro benzene ring substituents is 1. The van der Waals surface area contributed by atoms with Crippen molar-refractivity contribution in [3.63, 3.8) is 0 Å². The number of Topliss-reactive ketones (excluding diaryl/α,β-unsaturated/α-hetero) is 1. The van der Waals surface area contributed by atoms with Crippen LogP contribution in [-0.4, -0.2) is 43.8 Å². The van der Waals surface area contributed by atoms with E-state index >= 15 is 0 Å². The zero-order valence-electron chi connectivity index (χ0n) is 21.8. The highest BCUT2D eigenvalue weighted by molar-refractivity contribution is 7.12. The molecule has 5 aromatic rings. The number of nitro groups is 1. The summed E-state index contributed by atoms with van der Waals surface area (Å²) in [7, 11) is 0. The first-order valence-electron chi connectivity index (χ1n) is 13.3. The fraction of sp³-hybridized carbons (Fsp3) is 0.194. The molecule has 1 saturated carbocycles. The fourth-order valence-electron chi connectivity index (χ4n) is 6.84. The Hall–Kier alpha value is -4.83. The molecule has 0 unspecified atom stereocenters. The second-order valence-electron chi connectivity index (χ2n) is 11.2. The molecule has 2 aliphatic carbocycles. The van der Waals surface area contributed by atoms with Crippen LogP contribution in [0.3, 0.4) is 0 Å². The minimum atomic E-state index is -0.463. The van der Waals surface area contributed by atoms with Crippen molar-refractivity contribution in [1.82, 2.24) is 14.9 Å². The van der Waals surface area contributed by atoms with E-state index in [4.69, 9.17) is 0 Å². The van der Waals surface area contributed by atoms with Crippen molar-refractivity contribution in [2.24, 2.45) is 5.92 Å². The maximum atomic E-state index is 13.7. The van der Waals surface area contributed by atoms with E-state index in [9.17, 15) is 24.5 Å². The molecule has 3 aliphatic rings. The number of aryl methyl sites for hydroxylation is 1. The predicted molar refractivity (Wildman–Crippen MR) is 154 cm³/mol. The third kappa shape index (κ3) is 3.37. The van der Waals surface area contributed by atoms with Crippen LogP contribution in [0.1, 0.15) is 53.8 Å². The van der Waals surface area contributed by atoms with Crippen LogP contribution >= 0.6 is 11.3 Å². The maximum absolute atomic E-state index is 13.7. The van der Waals surface area contributed by atoms with Gasteiger partial charge in [0.15, 0.2) is 11.6 Å². The van der Waals surface area contributed by atoms with Gasteiger partial charge in [-0.3, -0.25) is 24.5 Å². The van der Waals surface area contributed by atoms with Crippen LogP contribution in [0.25, 0.3) is 21.8 Å². The zero-order valence-corrected chi connectivity index (χ0v) is 22.6. The van der Waals surface area contributed by atoms with Gasteiger partial charge in [-0.05, 0) is 71.7 Å². The minimum absolute atomic E-state index is 0.0248. The molecule has 1 spiro atoms. The number of likely N-dealkylation sites (tertiary alicyclic amines) is 1. The van der Waals surface area contributed by atoms with Crippen molar-refractivity contribution in [1.29, 1.82) is 0 Å². The topological polar surface area (TPSA) is 129 Å². The molecule has 2 aromatic carbocycles. The van der Waals surface area contributed by atoms with Crippen LogP contribution < -0.4 is 0 Å². The molecule has 0 bridgehead atoms. The Balaban J connectivity index is 1.05. The number of piperidine rings is 1. The number of benzene rings is 2. The summed E-state index contributed by atoms with van der Waals surface area (Å²) in [6, 6.07) is 13.5. The van der Waals surface area contributed by atoms with Gasteiger partial charge in [0.05, 0.1) is 15.5 Å². The quantitative estimate of drug-likeness (QED) is 0.158. The molecule has 9 nitrogen and oxygen atoms in total. The average Bonchev–Trinajstić information content (AvgIpc) is 3.40. The van der Waals surface area contributed by atoms with E-state index in [1.54, 1.807) is 29.2 Å². The van der Waals surface area contributed by atoms with Gasteiger partial charge in [-0.25, -0.2) is 0 Å². The lowest BCUT2D eigenvalue weighted by atomic mass is 9.84. The standard InChI is InChI=1S/C31H22N4O5S/c1-15-14-41-29-26(37)11-27-31(28(15)29)12-19(31)13-34(27)30(38)24-10-17-6-16(2-4-21(17)33-24)7-25(36)23-9-18-8-20(35(39)40)3-5-22(18)32-23/h2-6,8-11,14,19,32-33H,7,12-13H2,1H3/t19-,31+/m1/s1. The van der Waals surface area contributed by atoms with E-state index in [-0.39, 0.29) is 35.0 Å². The number of fused-ring (bicyclic) bond motifs is 3. The highest BCUT2D eigenvalue weighted by Gasteiger charge is 2.68. The Morgan fingerprint density at radius 3 is 2.61 bits per heavy atom. The van der Waals surface area contributed by atoms with E-state index < -0.39 is 4.92 Å². The van der Waals surface area contributed by atoms with Crippen LogP contribution in [-0.2, 0) is 11.8 Å². The number of nitrogens with one attached hydrogen (secondary N) is 2. The molecule has 1 amide bonds. The normalized spacial score (nSPS) is 20.6. The average molecular weight is 563 g/mol. The first kappa shape index (κ1) is 24.0. The lowest BCUT2D eigenvalue weighted by Gasteiger charge is -2.28. The molecule has 41 heavy (non-hydrogen) atoms. The number of aromatic nitrogens is 2. The summed E-state index contributed by atoms with van der Waals surface area (Å²) in [5, 5.41) is 14.5. The Bertz CT molecular complexity index is 2060. The number of aromatic amines is 2. The lowest BCUT2D eigenvalue weighted by Crippen LogP contribution is -2.33. The summed E-state index contributed by atoms with van der Waals surface area (Å²) in [4.78, 5) is 59.1. The number of carbonyl (C=O) groups is 3. The van der Waals surface area contributed by atoms with Crippen molar-refractivity contribution >= 4 is 56.3 Å². The lowest BCUT2D eigenvalue weighted by molar-refractivity contribution is -0.384. The summed E-state index contributed by atoms with van der Waals surface area (Å²) in [5.74, 6) is 0.000384. The number of thiophene rings is 1. The van der Waals surface area contributed by atoms with Crippen LogP contribution in [0.4, 0.5) is 5.69 Å². The van der Waals surface area contributed by atoms with Crippen LogP contribution in [0.5, 0.6) is 0 Å².